The molecule has 0 aliphatic carbocycles. The molecule has 0 fully saturated rings. The van der Waals surface area contributed by atoms with Crippen LogP contribution in [-0.2, 0) is 6.54 Å². The van der Waals surface area contributed by atoms with Crippen LogP contribution in [0.5, 0.6) is 5.75 Å². The van der Waals surface area contributed by atoms with Gasteiger partial charge in [0.25, 0.3) is 0 Å². The maximum atomic E-state index is 13.7. The number of para-hydroxylation sites is 1. The lowest BCUT2D eigenvalue weighted by Gasteiger charge is -2.14. The fraction of sp³-hybridized carbons (Fsp3) is 0.571. The molecular formula is C14H22FNO2. The van der Waals surface area contributed by atoms with E-state index < -0.39 is 6.10 Å². The highest BCUT2D eigenvalue weighted by Crippen LogP contribution is 2.22. The molecule has 1 atom stereocenters. The van der Waals surface area contributed by atoms with Gasteiger partial charge in [-0.3, -0.25) is 0 Å². The fourth-order valence-corrected chi connectivity index (χ4v) is 1.55. The van der Waals surface area contributed by atoms with Crippen LogP contribution < -0.4 is 10.1 Å². The maximum absolute atomic E-state index is 13.7. The van der Waals surface area contributed by atoms with Gasteiger partial charge < -0.3 is 15.2 Å². The van der Waals surface area contributed by atoms with Gasteiger partial charge in [0.1, 0.15) is 6.61 Å². The largest absolute Gasteiger partial charge is 0.487 e. The Balaban J connectivity index is 2.67. The monoisotopic (exact) mass is 255 g/mol. The zero-order valence-corrected chi connectivity index (χ0v) is 11.2. The summed E-state index contributed by atoms with van der Waals surface area (Å²) in [5.41, 5.74) is 0.774. The summed E-state index contributed by atoms with van der Waals surface area (Å²) in [5.74, 6) is 0.384. The van der Waals surface area contributed by atoms with Crippen LogP contribution in [0.1, 0.15) is 26.3 Å². The molecule has 0 aromatic heterocycles. The van der Waals surface area contributed by atoms with E-state index in [4.69, 9.17) is 4.74 Å². The number of nitrogens with one attached hydrogen (secondary N) is 1. The number of rotatable bonds is 7. The molecule has 2 N–H and O–H groups in total. The van der Waals surface area contributed by atoms with Crippen LogP contribution in [0.4, 0.5) is 4.39 Å². The Kier molecular flexibility index (Phi) is 6.09. The number of hydrogen-bond acceptors (Lipinski definition) is 3. The quantitative estimate of drug-likeness (QED) is 0.785. The summed E-state index contributed by atoms with van der Waals surface area (Å²) in [4.78, 5) is 0. The third-order valence-corrected chi connectivity index (χ3v) is 2.39. The Morgan fingerprint density at radius 3 is 2.67 bits per heavy atom. The van der Waals surface area contributed by atoms with Gasteiger partial charge in [0.2, 0.25) is 0 Å². The van der Waals surface area contributed by atoms with E-state index in [-0.39, 0.29) is 18.2 Å². The van der Waals surface area contributed by atoms with Crippen LogP contribution in [0.15, 0.2) is 18.2 Å². The first-order valence-electron chi connectivity index (χ1n) is 6.29. The Hall–Kier alpha value is -1.13. The normalized spacial score (nSPS) is 12.8. The van der Waals surface area contributed by atoms with Crippen molar-refractivity contribution < 1.29 is 14.2 Å². The first-order valence-corrected chi connectivity index (χ1v) is 6.29. The van der Waals surface area contributed by atoms with Gasteiger partial charge in [-0.15, -0.1) is 0 Å². The lowest BCUT2D eigenvalue weighted by atomic mass is 10.1. The molecule has 0 heterocycles. The van der Waals surface area contributed by atoms with Crippen LogP contribution in [0, 0.1) is 11.7 Å². The summed E-state index contributed by atoms with van der Waals surface area (Å²) >= 11 is 0. The summed E-state index contributed by atoms with van der Waals surface area (Å²) in [6, 6.07) is 4.86. The second-order valence-electron chi connectivity index (χ2n) is 4.91. The molecule has 18 heavy (non-hydrogen) atoms. The summed E-state index contributed by atoms with van der Waals surface area (Å²) in [5, 5.41) is 12.4. The third-order valence-electron chi connectivity index (χ3n) is 2.39. The van der Waals surface area contributed by atoms with Crippen LogP contribution in [0.25, 0.3) is 0 Å². The SMILES string of the molecule is CC(C)CNCc1cccc(F)c1OCC(C)O. The molecule has 0 aliphatic rings. The summed E-state index contributed by atoms with van der Waals surface area (Å²) < 4.78 is 19.0. The highest BCUT2D eigenvalue weighted by Gasteiger charge is 2.10. The van der Waals surface area contributed by atoms with Gasteiger partial charge in [0, 0.05) is 12.1 Å². The molecule has 0 saturated carbocycles. The van der Waals surface area contributed by atoms with Crippen molar-refractivity contribution in [3.8, 4) is 5.75 Å². The van der Waals surface area contributed by atoms with E-state index in [1.54, 1.807) is 13.0 Å². The Morgan fingerprint density at radius 1 is 1.33 bits per heavy atom. The number of ether oxygens (including phenoxy) is 1. The molecule has 0 saturated heterocycles. The lowest BCUT2D eigenvalue weighted by Crippen LogP contribution is -2.20. The minimum Gasteiger partial charge on any atom is -0.487 e. The van der Waals surface area contributed by atoms with E-state index >= 15 is 0 Å². The van der Waals surface area contributed by atoms with Gasteiger partial charge in [0.15, 0.2) is 11.6 Å². The summed E-state index contributed by atoms with van der Waals surface area (Å²) in [6.45, 7) is 7.36. The van der Waals surface area contributed by atoms with E-state index in [2.05, 4.69) is 19.2 Å². The van der Waals surface area contributed by atoms with Gasteiger partial charge in [-0.1, -0.05) is 26.0 Å². The smallest absolute Gasteiger partial charge is 0.165 e. The van der Waals surface area contributed by atoms with Crippen LogP contribution in [0.3, 0.4) is 0 Å². The van der Waals surface area contributed by atoms with Gasteiger partial charge in [-0.05, 0) is 25.5 Å². The minimum atomic E-state index is -0.610. The van der Waals surface area contributed by atoms with Crippen molar-refractivity contribution in [1.29, 1.82) is 0 Å². The molecule has 3 nitrogen and oxygen atoms in total. The molecule has 0 radical (unpaired) electrons. The molecule has 0 bridgehead atoms. The first-order chi connectivity index (χ1) is 8.50. The third kappa shape index (κ3) is 5.02. The zero-order chi connectivity index (χ0) is 13.5. The molecule has 1 aromatic rings. The second-order valence-corrected chi connectivity index (χ2v) is 4.91. The standard InChI is InChI=1S/C14H22FNO2/c1-10(2)7-16-8-12-5-4-6-13(15)14(12)18-9-11(3)17/h4-6,10-11,16-17H,7-9H2,1-3H3. The number of hydrogen-bond donors (Lipinski definition) is 2. The topological polar surface area (TPSA) is 41.5 Å². The number of aliphatic hydroxyl groups is 1. The molecule has 0 amide bonds. The van der Waals surface area contributed by atoms with Crippen LogP contribution in [0.2, 0.25) is 0 Å². The van der Waals surface area contributed by atoms with E-state index in [0.717, 1.165) is 12.1 Å². The molecule has 102 valence electrons. The molecule has 1 aromatic carbocycles. The van der Waals surface area contributed by atoms with E-state index in [0.29, 0.717) is 12.5 Å². The molecule has 0 aliphatic heterocycles. The molecular weight excluding hydrogens is 233 g/mol. The number of aliphatic hydroxyl groups excluding tert-OH is 1. The highest BCUT2D eigenvalue weighted by atomic mass is 19.1. The van der Waals surface area contributed by atoms with Gasteiger partial charge in [-0.25, -0.2) is 4.39 Å². The van der Waals surface area contributed by atoms with Crippen LogP contribution >= 0.6 is 0 Å². The zero-order valence-electron chi connectivity index (χ0n) is 11.2. The van der Waals surface area contributed by atoms with Gasteiger partial charge in [-0.2, -0.15) is 0 Å². The maximum Gasteiger partial charge on any atom is 0.165 e. The summed E-state index contributed by atoms with van der Waals surface area (Å²) in [6.07, 6.45) is -0.610. The van der Waals surface area contributed by atoms with Crippen molar-refractivity contribution in [2.24, 2.45) is 5.92 Å². The predicted octanol–water partition coefficient (Wildman–Crippen LogP) is 2.33. The highest BCUT2D eigenvalue weighted by molar-refractivity contribution is 5.34. The summed E-state index contributed by atoms with van der Waals surface area (Å²) in [7, 11) is 0. The van der Waals surface area contributed by atoms with E-state index in [9.17, 15) is 9.50 Å². The van der Waals surface area contributed by atoms with Crippen molar-refractivity contribution in [3.05, 3.63) is 29.6 Å². The van der Waals surface area contributed by atoms with E-state index in [1.807, 2.05) is 6.07 Å². The van der Waals surface area contributed by atoms with Crippen molar-refractivity contribution in [1.82, 2.24) is 5.32 Å². The first kappa shape index (κ1) is 14.9. The van der Waals surface area contributed by atoms with Crippen molar-refractivity contribution in [2.75, 3.05) is 13.2 Å². The minimum absolute atomic E-state index is 0.0954. The van der Waals surface area contributed by atoms with Crippen LogP contribution in [-0.4, -0.2) is 24.4 Å². The number of halogens is 1. The Bertz CT molecular complexity index is 367. The molecule has 0 spiro atoms. The second kappa shape index (κ2) is 7.34. The Morgan fingerprint density at radius 2 is 2.06 bits per heavy atom. The molecule has 4 heteroatoms. The van der Waals surface area contributed by atoms with Crippen molar-refractivity contribution >= 4 is 0 Å². The Labute approximate surface area is 108 Å². The predicted molar refractivity (Wildman–Crippen MR) is 70.1 cm³/mol. The number of benzene rings is 1. The average Bonchev–Trinajstić information content (AvgIpc) is 2.27. The van der Waals surface area contributed by atoms with Gasteiger partial charge in [0.05, 0.1) is 6.10 Å². The van der Waals surface area contributed by atoms with Crippen molar-refractivity contribution in [2.45, 2.75) is 33.4 Å². The van der Waals surface area contributed by atoms with E-state index in [1.165, 1.54) is 6.07 Å². The van der Waals surface area contributed by atoms with Crippen molar-refractivity contribution in [3.63, 3.8) is 0 Å². The fourth-order valence-electron chi connectivity index (χ4n) is 1.55. The lowest BCUT2D eigenvalue weighted by molar-refractivity contribution is 0.119. The van der Waals surface area contributed by atoms with Gasteiger partial charge >= 0.3 is 0 Å². The average molecular weight is 255 g/mol. The molecule has 1 unspecified atom stereocenters. The molecule has 1 rings (SSSR count).